The highest BCUT2D eigenvalue weighted by molar-refractivity contribution is 5.84. The number of nitrogens with one attached hydrogen (secondary N) is 2. The van der Waals surface area contributed by atoms with Gasteiger partial charge >= 0.3 is 0 Å². The third kappa shape index (κ3) is 2.74. The molecule has 1 heterocycles. The summed E-state index contributed by atoms with van der Waals surface area (Å²) in [6.45, 7) is 6.96. The molecular weight excluding hydrogens is 210 g/mol. The second-order valence-electron chi connectivity index (χ2n) is 3.99. The first-order chi connectivity index (χ1) is 8.35. The third-order valence-electron chi connectivity index (χ3n) is 2.73. The Morgan fingerprint density at radius 3 is 2.71 bits per heavy atom. The largest absolute Gasteiger partial charge is 0.370 e. The van der Waals surface area contributed by atoms with E-state index in [2.05, 4.69) is 53.7 Å². The zero-order valence-corrected chi connectivity index (χ0v) is 10.5. The molecule has 90 valence electrons. The first-order valence-corrected chi connectivity index (χ1v) is 6.18. The molecule has 0 radical (unpaired) electrons. The Morgan fingerprint density at radius 1 is 1.12 bits per heavy atom. The Balaban J connectivity index is 2.45. The molecule has 0 aliphatic rings. The normalized spacial score (nSPS) is 10.7. The van der Waals surface area contributed by atoms with Gasteiger partial charge in [0.15, 0.2) is 0 Å². The van der Waals surface area contributed by atoms with Crippen molar-refractivity contribution in [1.29, 1.82) is 0 Å². The molecule has 0 bridgehead atoms. The number of aromatic nitrogens is 1. The van der Waals surface area contributed by atoms with Crippen molar-refractivity contribution >= 4 is 16.7 Å². The van der Waals surface area contributed by atoms with E-state index in [4.69, 9.17) is 0 Å². The van der Waals surface area contributed by atoms with Gasteiger partial charge in [0.1, 0.15) is 5.82 Å². The molecule has 17 heavy (non-hydrogen) atoms. The molecule has 0 amide bonds. The monoisotopic (exact) mass is 229 g/mol. The van der Waals surface area contributed by atoms with Crippen LogP contribution >= 0.6 is 0 Å². The van der Waals surface area contributed by atoms with Crippen LogP contribution in [0.3, 0.4) is 0 Å². The van der Waals surface area contributed by atoms with Crippen molar-refractivity contribution in [3.05, 3.63) is 35.9 Å². The second-order valence-corrected chi connectivity index (χ2v) is 3.99. The van der Waals surface area contributed by atoms with Crippen LogP contribution in [0.1, 0.15) is 19.4 Å². The summed E-state index contributed by atoms with van der Waals surface area (Å²) in [6.07, 6.45) is 0. The maximum absolute atomic E-state index is 4.59. The second kappa shape index (κ2) is 5.64. The third-order valence-corrected chi connectivity index (χ3v) is 2.73. The van der Waals surface area contributed by atoms with Crippen molar-refractivity contribution in [2.24, 2.45) is 0 Å². The molecule has 0 unspecified atom stereocenters. The quantitative estimate of drug-likeness (QED) is 0.827. The van der Waals surface area contributed by atoms with Crippen molar-refractivity contribution in [3.63, 3.8) is 0 Å². The summed E-state index contributed by atoms with van der Waals surface area (Å²) >= 11 is 0. The van der Waals surface area contributed by atoms with Crippen LogP contribution in [0.2, 0.25) is 0 Å². The van der Waals surface area contributed by atoms with Gasteiger partial charge in [-0.3, -0.25) is 0 Å². The Hall–Kier alpha value is -1.61. The lowest BCUT2D eigenvalue weighted by atomic mass is 10.1. The Labute approximate surface area is 102 Å². The maximum atomic E-state index is 4.59. The Morgan fingerprint density at radius 2 is 1.94 bits per heavy atom. The van der Waals surface area contributed by atoms with Crippen molar-refractivity contribution in [2.45, 2.75) is 20.4 Å². The average molecular weight is 229 g/mol. The Bertz CT molecular complexity index is 494. The first kappa shape index (κ1) is 11.9. The van der Waals surface area contributed by atoms with Crippen molar-refractivity contribution in [2.75, 3.05) is 18.4 Å². The van der Waals surface area contributed by atoms with Crippen LogP contribution in [0.15, 0.2) is 30.3 Å². The number of rotatable bonds is 5. The molecule has 2 aromatic rings. The fraction of sp³-hybridized carbons (Fsp3) is 0.357. The lowest BCUT2D eigenvalue weighted by Crippen LogP contribution is -2.12. The molecule has 0 aliphatic heterocycles. The maximum Gasteiger partial charge on any atom is 0.126 e. The van der Waals surface area contributed by atoms with E-state index >= 15 is 0 Å². The summed E-state index contributed by atoms with van der Waals surface area (Å²) in [5.74, 6) is 0.958. The minimum Gasteiger partial charge on any atom is -0.370 e. The van der Waals surface area contributed by atoms with E-state index in [1.165, 1.54) is 10.9 Å². The molecule has 1 aromatic carbocycles. The van der Waals surface area contributed by atoms with Gasteiger partial charge in [-0.05, 0) is 31.2 Å². The molecular formula is C14H19N3. The van der Waals surface area contributed by atoms with Gasteiger partial charge in [-0.15, -0.1) is 0 Å². The number of hydrogen-bond donors (Lipinski definition) is 2. The number of pyridine rings is 1. The predicted molar refractivity (Wildman–Crippen MR) is 73.3 cm³/mol. The Kier molecular flexibility index (Phi) is 3.94. The van der Waals surface area contributed by atoms with Gasteiger partial charge in [0.25, 0.3) is 0 Å². The molecule has 0 saturated carbocycles. The van der Waals surface area contributed by atoms with Gasteiger partial charge in [-0.1, -0.05) is 25.1 Å². The van der Waals surface area contributed by atoms with Crippen molar-refractivity contribution < 1.29 is 0 Å². The van der Waals surface area contributed by atoms with Crippen LogP contribution in [-0.2, 0) is 6.54 Å². The van der Waals surface area contributed by atoms with Gasteiger partial charge in [0.05, 0.1) is 5.52 Å². The lowest BCUT2D eigenvalue weighted by molar-refractivity contribution is 0.730. The van der Waals surface area contributed by atoms with E-state index in [9.17, 15) is 0 Å². The smallest absolute Gasteiger partial charge is 0.126 e. The highest BCUT2D eigenvalue weighted by Gasteiger charge is 2.04. The van der Waals surface area contributed by atoms with Crippen LogP contribution in [0.25, 0.3) is 10.9 Å². The fourth-order valence-electron chi connectivity index (χ4n) is 1.93. The highest BCUT2D eigenvalue weighted by atomic mass is 15.0. The van der Waals surface area contributed by atoms with E-state index in [0.717, 1.165) is 31.0 Å². The van der Waals surface area contributed by atoms with Crippen LogP contribution in [0.5, 0.6) is 0 Å². The predicted octanol–water partition coefficient (Wildman–Crippen LogP) is 2.78. The summed E-state index contributed by atoms with van der Waals surface area (Å²) in [4.78, 5) is 4.59. The zero-order valence-electron chi connectivity index (χ0n) is 10.5. The summed E-state index contributed by atoms with van der Waals surface area (Å²) < 4.78 is 0. The topological polar surface area (TPSA) is 37.0 Å². The number of hydrogen-bond acceptors (Lipinski definition) is 3. The van der Waals surface area contributed by atoms with E-state index in [1.807, 2.05) is 6.07 Å². The van der Waals surface area contributed by atoms with Gasteiger partial charge < -0.3 is 10.6 Å². The number of nitrogens with zero attached hydrogens (tertiary/aromatic N) is 1. The minimum absolute atomic E-state index is 0.887. The van der Waals surface area contributed by atoms with Crippen LogP contribution in [0.4, 0.5) is 5.82 Å². The molecule has 3 heteroatoms. The van der Waals surface area contributed by atoms with Gasteiger partial charge in [0, 0.05) is 18.5 Å². The summed E-state index contributed by atoms with van der Waals surface area (Å²) in [5, 5.41) is 7.88. The van der Waals surface area contributed by atoms with Crippen LogP contribution < -0.4 is 10.6 Å². The van der Waals surface area contributed by atoms with E-state index < -0.39 is 0 Å². The molecule has 2 N–H and O–H groups in total. The summed E-state index contributed by atoms with van der Waals surface area (Å²) in [7, 11) is 0. The SMILES string of the molecule is CCNCc1cc(NCC)nc2ccccc12. The first-order valence-electron chi connectivity index (χ1n) is 6.18. The number of benzene rings is 1. The molecule has 0 aliphatic carbocycles. The standard InChI is InChI=1S/C14H19N3/c1-3-15-10-11-9-14(16-4-2)17-13-8-6-5-7-12(11)13/h5-9,15H,3-4,10H2,1-2H3,(H,16,17). The highest BCUT2D eigenvalue weighted by Crippen LogP contribution is 2.20. The molecule has 0 atom stereocenters. The fourth-order valence-corrected chi connectivity index (χ4v) is 1.93. The van der Waals surface area contributed by atoms with Gasteiger partial charge in [0.2, 0.25) is 0 Å². The summed E-state index contributed by atoms with van der Waals surface area (Å²) in [5.41, 5.74) is 2.35. The molecule has 0 saturated heterocycles. The van der Waals surface area contributed by atoms with Gasteiger partial charge in [-0.2, -0.15) is 0 Å². The lowest BCUT2D eigenvalue weighted by Gasteiger charge is -2.10. The molecule has 0 fully saturated rings. The summed E-state index contributed by atoms with van der Waals surface area (Å²) in [6, 6.07) is 10.4. The molecule has 2 rings (SSSR count). The average Bonchev–Trinajstić information content (AvgIpc) is 2.36. The minimum atomic E-state index is 0.887. The van der Waals surface area contributed by atoms with Gasteiger partial charge in [-0.25, -0.2) is 4.98 Å². The van der Waals surface area contributed by atoms with Crippen molar-refractivity contribution in [3.8, 4) is 0 Å². The van der Waals surface area contributed by atoms with Crippen LogP contribution in [0, 0.1) is 0 Å². The van der Waals surface area contributed by atoms with Crippen molar-refractivity contribution in [1.82, 2.24) is 10.3 Å². The zero-order chi connectivity index (χ0) is 12.1. The van der Waals surface area contributed by atoms with E-state index in [1.54, 1.807) is 0 Å². The van der Waals surface area contributed by atoms with Crippen LogP contribution in [-0.4, -0.2) is 18.1 Å². The number of para-hydroxylation sites is 1. The van der Waals surface area contributed by atoms with E-state index in [0.29, 0.717) is 0 Å². The molecule has 3 nitrogen and oxygen atoms in total. The number of fused-ring (bicyclic) bond motifs is 1. The molecule has 0 spiro atoms. The number of anilines is 1. The van der Waals surface area contributed by atoms with E-state index in [-0.39, 0.29) is 0 Å². The molecule has 1 aromatic heterocycles.